The van der Waals surface area contributed by atoms with Gasteiger partial charge in [0.1, 0.15) is 12.0 Å². The first-order valence-electron chi connectivity index (χ1n) is 11.8. The first-order valence-corrected chi connectivity index (χ1v) is 11.8. The summed E-state index contributed by atoms with van der Waals surface area (Å²) in [5.41, 5.74) is 7.05. The number of hydrogen-bond donors (Lipinski definition) is 1. The van der Waals surface area contributed by atoms with Crippen molar-refractivity contribution < 1.29 is 18.3 Å². The van der Waals surface area contributed by atoms with Crippen LogP contribution < -0.4 is 10.6 Å². The summed E-state index contributed by atoms with van der Waals surface area (Å²) in [7, 11) is 0. The third-order valence-electron chi connectivity index (χ3n) is 7.26. The van der Waals surface area contributed by atoms with Gasteiger partial charge in [-0.25, -0.2) is 8.78 Å². The van der Waals surface area contributed by atoms with Gasteiger partial charge in [0.2, 0.25) is 5.91 Å². The summed E-state index contributed by atoms with van der Waals surface area (Å²) in [6, 6.07) is 6.67. The van der Waals surface area contributed by atoms with E-state index in [-0.39, 0.29) is 35.8 Å². The van der Waals surface area contributed by atoms with E-state index in [9.17, 15) is 13.6 Å². The summed E-state index contributed by atoms with van der Waals surface area (Å²) in [5.74, 6) is -0.139. The molecule has 1 saturated carbocycles. The molecule has 3 fully saturated rings. The van der Waals surface area contributed by atoms with E-state index in [0.717, 1.165) is 38.8 Å². The smallest absolute Gasteiger partial charge is 0.226 e. The number of nitrogens with zero attached hydrogens (tertiary/aromatic N) is 2. The first kappa shape index (κ1) is 22.5. The fourth-order valence-electron chi connectivity index (χ4n) is 5.31. The highest BCUT2D eigenvalue weighted by Gasteiger charge is 2.37. The van der Waals surface area contributed by atoms with Gasteiger partial charge in [0, 0.05) is 31.6 Å². The lowest BCUT2D eigenvalue weighted by molar-refractivity contribution is -0.144. The lowest BCUT2D eigenvalue weighted by atomic mass is 9.85. The Morgan fingerprint density at radius 2 is 1.74 bits per heavy atom. The normalized spacial score (nSPS) is 30.4. The third-order valence-corrected chi connectivity index (χ3v) is 7.26. The van der Waals surface area contributed by atoms with Crippen LogP contribution in [0.3, 0.4) is 0 Å². The molecule has 1 aromatic carbocycles. The summed E-state index contributed by atoms with van der Waals surface area (Å²) in [6.07, 6.45) is 5.01. The Bertz CT molecular complexity index is 733. The Hall–Kier alpha value is -1.73. The number of likely N-dealkylation sites (tertiary alicyclic amines) is 1. The largest absolute Gasteiger partial charge is 0.376 e. The molecule has 1 aromatic rings. The van der Waals surface area contributed by atoms with Crippen LogP contribution in [-0.4, -0.2) is 61.4 Å². The lowest BCUT2D eigenvalue weighted by Crippen LogP contribution is -2.58. The van der Waals surface area contributed by atoms with E-state index in [1.807, 2.05) is 17.0 Å². The van der Waals surface area contributed by atoms with Crippen molar-refractivity contribution in [2.75, 3.05) is 31.1 Å². The van der Waals surface area contributed by atoms with E-state index in [1.54, 1.807) is 6.07 Å². The number of piperidine rings is 2. The predicted octanol–water partition coefficient (Wildman–Crippen LogP) is 3.66. The Balaban J connectivity index is 1.30. The van der Waals surface area contributed by atoms with Crippen molar-refractivity contribution in [2.24, 2.45) is 11.7 Å². The molecule has 2 atom stereocenters. The van der Waals surface area contributed by atoms with Gasteiger partial charge in [0.25, 0.3) is 0 Å². The maximum absolute atomic E-state index is 14.1. The highest BCUT2D eigenvalue weighted by Crippen LogP contribution is 2.30. The standard InChI is InChI=1S/C24H35F2N3O2/c25-18-9-7-17(8-10-18)24(30)29-13-3-5-21(27)23(29)16-31-19-11-14-28(15-12-19)22-6-2-1-4-20(22)26/h1-2,4,6,17-19,21,23H,3,5,7-16,27H2/t17?,18?,21-,23-/m0/s1. The number of alkyl halides is 1. The molecule has 0 spiro atoms. The number of para-hydroxylation sites is 1. The zero-order valence-electron chi connectivity index (χ0n) is 18.2. The van der Waals surface area contributed by atoms with E-state index < -0.39 is 6.17 Å². The number of halogens is 2. The van der Waals surface area contributed by atoms with Gasteiger partial charge in [0.05, 0.1) is 24.4 Å². The van der Waals surface area contributed by atoms with Crippen LogP contribution in [-0.2, 0) is 9.53 Å². The minimum Gasteiger partial charge on any atom is -0.376 e. The molecule has 1 aliphatic carbocycles. The lowest BCUT2D eigenvalue weighted by Gasteiger charge is -2.43. The number of carbonyl (C=O) groups excluding carboxylic acids is 1. The number of amides is 1. The van der Waals surface area contributed by atoms with E-state index >= 15 is 0 Å². The number of hydrogen-bond acceptors (Lipinski definition) is 4. The zero-order valence-corrected chi connectivity index (χ0v) is 18.2. The Morgan fingerprint density at radius 1 is 1.03 bits per heavy atom. The highest BCUT2D eigenvalue weighted by molar-refractivity contribution is 5.79. The molecule has 0 aromatic heterocycles. The van der Waals surface area contributed by atoms with Crippen molar-refractivity contribution in [2.45, 2.75) is 75.7 Å². The molecule has 2 heterocycles. The summed E-state index contributed by atoms with van der Waals surface area (Å²) in [4.78, 5) is 17.1. The number of rotatable bonds is 5. The van der Waals surface area contributed by atoms with Gasteiger partial charge in [-0.3, -0.25) is 4.79 Å². The minimum atomic E-state index is -0.762. The molecule has 2 N–H and O–H groups in total. The molecule has 172 valence electrons. The van der Waals surface area contributed by atoms with Crippen LogP contribution in [0, 0.1) is 11.7 Å². The van der Waals surface area contributed by atoms with E-state index in [4.69, 9.17) is 10.5 Å². The molecular formula is C24H35F2N3O2. The van der Waals surface area contributed by atoms with Crippen LogP contribution in [0.1, 0.15) is 51.4 Å². The van der Waals surface area contributed by atoms with Crippen molar-refractivity contribution in [1.29, 1.82) is 0 Å². The third kappa shape index (κ3) is 5.37. The van der Waals surface area contributed by atoms with Crippen molar-refractivity contribution in [3.8, 4) is 0 Å². The van der Waals surface area contributed by atoms with Gasteiger partial charge >= 0.3 is 0 Å². The molecule has 0 unspecified atom stereocenters. The molecule has 5 nitrogen and oxygen atoms in total. The van der Waals surface area contributed by atoms with E-state index in [0.29, 0.717) is 44.5 Å². The van der Waals surface area contributed by atoms with Gasteiger partial charge in [-0.05, 0) is 63.5 Å². The van der Waals surface area contributed by atoms with Crippen LogP contribution in [0.2, 0.25) is 0 Å². The van der Waals surface area contributed by atoms with Crippen LogP contribution in [0.25, 0.3) is 0 Å². The van der Waals surface area contributed by atoms with Crippen LogP contribution in [0.5, 0.6) is 0 Å². The minimum absolute atomic E-state index is 0.0798. The number of nitrogens with two attached hydrogens (primary N) is 1. The van der Waals surface area contributed by atoms with Crippen molar-refractivity contribution in [1.82, 2.24) is 4.90 Å². The summed E-state index contributed by atoms with van der Waals surface area (Å²) < 4.78 is 33.8. The second-order valence-corrected chi connectivity index (χ2v) is 9.33. The molecule has 2 saturated heterocycles. The molecule has 2 aliphatic heterocycles. The molecule has 7 heteroatoms. The SMILES string of the molecule is N[C@H]1CCCN(C(=O)C2CCC(F)CC2)[C@H]1COC1CCN(c2ccccc2F)CC1. The Morgan fingerprint density at radius 3 is 2.45 bits per heavy atom. The predicted molar refractivity (Wildman–Crippen MR) is 117 cm³/mol. The average Bonchev–Trinajstić information content (AvgIpc) is 2.79. The molecule has 4 rings (SSSR count). The molecule has 1 amide bonds. The zero-order chi connectivity index (χ0) is 21.8. The maximum atomic E-state index is 14.1. The first-order chi connectivity index (χ1) is 15.0. The molecule has 31 heavy (non-hydrogen) atoms. The van der Waals surface area contributed by atoms with Crippen molar-refractivity contribution in [3.05, 3.63) is 30.1 Å². The van der Waals surface area contributed by atoms with E-state index in [1.165, 1.54) is 6.07 Å². The van der Waals surface area contributed by atoms with Crippen molar-refractivity contribution in [3.63, 3.8) is 0 Å². The second kappa shape index (κ2) is 10.3. The molecular weight excluding hydrogens is 400 g/mol. The number of anilines is 1. The number of ether oxygens (including phenoxy) is 1. The van der Waals surface area contributed by atoms with Crippen LogP contribution >= 0.6 is 0 Å². The highest BCUT2D eigenvalue weighted by atomic mass is 19.1. The quantitative estimate of drug-likeness (QED) is 0.767. The molecule has 3 aliphatic rings. The topological polar surface area (TPSA) is 58.8 Å². The van der Waals surface area contributed by atoms with Gasteiger partial charge in [-0.15, -0.1) is 0 Å². The summed E-state index contributed by atoms with van der Waals surface area (Å²) >= 11 is 0. The van der Waals surface area contributed by atoms with Gasteiger partial charge in [0.15, 0.2) is 0 Å². The fraction of sp³-hybridized carbons (Fsp3) is 0.708. The summed E-state index contributed by atoms with van der Waals surface area (Å²) in [5, 5.41) is 0. The van der Waals surface area contributed by atoms with Gasteiger partial charge in [-0.2, -0.15) is 0 Å². The summed E-state index contributed by atoms with van der Waals surface area (Å²) in [6.45, 7) is 2.65. The Kier molecular flexibility index (Phi) is 7.43. The van der Waals surface area contributed by atoms with Crippen molar-refractivity contribution >= 4 is 11.6 Å². The van der Waals surface area contributed by atoms with Gasteiger partial charge < -0.3 is 20.3 Å². The van der Waals surface area contributed by atoms with Gasteiger partial charge in [-0.1, -0.05) is 12.1 Å². The van der Waals surface area contributed by atoms with E-state index in [2.05, 4.69) is 4.90 Å². The molecule has 0 radical (unpaired) electrons. The molecule has 0 bridgehead atoms. The average molecular weight is 436 g/mol. The number of benzene rings is 1. The monoisotopic (exact) mass is 435 g/mol. The van der Waals surface area contributed by atoms with Crippen LogP contribution in [0.4, 0.5) is 14.5 Å². The number of carbonyl (C=O) groups is 1. The van der Waals surface area contributed by atoms with Crippen LogP contribution in [0.15, 0.2) is 24.3 Å². The second-order valence-electron chi connectivity index (χ2n) is 9.33. The Labute approximate surface area is 183 Å². The fourth-order valence-corrected chi connectivity index (χ4v) is 5.31. The maximum Gasteiger partial charge on any atom is 0.226 e.